The van der Waals surface area contributed by atoms with Crippen LogP contribution in [0.25, 0.3) is 0 Å². The van der Waals surface area contributed by atoms with Crippen LogP contribution < -0.4 is 9.62 Å². The monoisotopic (exact) mass is 372 g/mol. The fraction of sp³-hybridized carbons (Fsp3) is 0.350. The summed E-state index contributed by atoms with van der Waals surface area (Å²) in [5.74, 6) is 0.0647. The Morgan fingerprint density at radius 1 is 1.12 bits per heavy atom. The minimum atomic E-state index is -3.68. The molecular formula is C20H24N2O3S. The highest BCUT2D eigenvalue weighted by Gasteiger charge is 2.24. The van der Waals surface area contributed by atoms with E-state index < -0.39 is 10.0 Å². The van der Waals surface area contributed by atoms with Crippen LogP contribution in [0.5, 0.6) is 0 Å². The summed E-state index contributed by atoms with van der Waals surface area (Å²) in [5, 5.41) is 0. The maximum Gasteiger partial charge on any atom is 0.261 e. The van der Waals surface area contributed by atoms with E-state index in [-0.39, 0.29) is 10.8 Å². The molecule has 1 N–H and O–H groups in total. The van der Waals surface area contributed by atoms with Crippen LogP contribution in [0.4, 0.5) is 11.4 Å². The summed E-state index contributed by atoms with van der Waals surface area (Å²) in [6.07, 6.45) is 2.05. The van der Waals surface area contributed by atoms with E-state index in [1.807, 2.05) is 39.0 Å². The minimum Gasteiger partial charge on any atom is -0.312 e. The molecule has 0 aliphatic carbocycles. The SMILES string of the molecule is CCC(=O)N1CCCc2cc(S(=O)(=O)Nc3cc(C)cc(C)c3)ccc21. The zero-order chi connectivity index (χ0) is 18.9. The Kier molecular flexibility index (Phi) is 5.05. The van der Waals surface area contributed by atoms with Gasteiger partial charge in [0.25, 0.3) is 10.0 Å². The lowest BCUT2D eigenvalue weighted by atomic mass is 10.0. The third-order valence-corrected chi connectivity index (χ3v) is 5.94. The van der Waals surface area contributed by atoms with Crippen LogP contribution in [0, 0.1) is 13.8 Å². The Bertz CT molecular complexity index is 931. The van der Waals surface area contributed by atoms with E-state index in [1.54, 1.807) is 23.1 Å². The molecule has 3 rings (SSSR count). The van der Waals surface area contributed by atoms with Crippen molar-refractivity contribution in [2.75, 3.05) is 16.2 Å². The van der Waals surface area contributed by atoms with E-state index in [0.29, 0.717) is 18.7 Å². The molecule has 1 heterocycles. The number of benzene rings is 2. The predicted octanol–water partition coefficient (Wildman–Crippen LogP) is 3.79. The zero-order valence-electron chi connectivity index (χ0n) is 15.4. The highest BCUT2D eigenvalue weighted by molar-refractivity contribution is 7.92. The molecule has 26 heavy (non-hydrogen) atoms. The number of nitrogens with one attached hydrogen (secondary N) is 1. The van der Waals surface area contributed by atoms with Crippen molar-refractivity contribution in [1.82, 2.24) is 0 Å². The number of nitrogens with zero attached hydrogens (tertiary/aromatic N) is 1. The number of rotatable bonds is 4. The second-order valence-corrected chi connectivity index (χ2v) is 8.46. The van der Waals surface area contributed by atoms with Crippen molar-refractivity contribution in [3.63, 3.8) is 0 Å². The molecule has 1 aliphatic heterocycles. The number of amides is 1. The lowest BCUT2D eigenvalue weighted by Gasteiger charge is -2.29. The second-order valence-electron chi connectivity index (χ2n) is 6.77. The summed E-state index contributed by atoms with van der Waals surface area (Å²) in [4.78, 5) is 14.1. The molecule has 0 atom stereocenters. The second kappa shape index (κ2) is 7.11. The molecule has 5 nitrogen and oxygen atoms in total. The first-order chi connectivity index (χ1) is 12.3. The molecule has 0 radical (unpaired) electrons. The zero-order valence-corrected chi connectivity index (χ0v) is 16.2. The Morgan fingerprint density at radius 3 is 2.46 bits per heavy atom. The number of hydrogen-bond donors (Lipinski definition) is 1. The van der Waals surface area contributed by atoms with Gasteiger partial charge in [-0.3, -0.25) is 9.52 Å². The first-order valence-electron chi connectivity index (χ1n) is 8.84. The van der Waals surface area contributed by atoms with Gasteiger partial charge in [-0.2, -0.15) is 0 Å². The third kappa shape index (κ3) is 3.75. The fourth-order valence-corrected chi connectivity index (χ4v) is 4.53. The molecule has 0 fully saturated rings. The van der Waals surface area contributed by atoms with Crippen LogP contribution in [-0.4, -0.2) is 20.9 Å². The molecule has 2 aromatic rings. The summed E-state index contributed by atoms with van der Waals surface area (Å²) >= 11 is 0. The number of fused-ring (bicyclic) bond motifs is 1. The molecule has 0 bridgehead atoms. The normalized spacial score (nSPS) is 14.0. The number of sulfonamides is 1. The van der Waals surface area contributed by atoms with Gasteiger partial charge < -0.3 is 4.90 Å². The van der Waals surface area contributed by atoms with Crippen LogP contribution >= 0.6 is 0 Å². The van der Waals surface area contributed by atoms with Crippen molar-refractivity contribution in [1.29, 1.82) is 0 Å². The minimum absolute atomic E-state index is 0.0647. The molecule has 1 aliphatic rings. The summed E-state index contributed by atoms with van der Waals surface area (Å²) in [6, 6.07) is 10.6. The Labute approximate surface area is 155 Å². The Balaban J connectivity index is 1.93. The molecule has 0 saturated heterocycles. The van der Waals surface area contributed by atoms with Crippen LogP contribution in [0.1, 0.15) is 36.5 Å². The average molecular weight is 372 g/mol. The standard InChI is InChI=1S/C20H24N2O3S/c1-4-20(23)22-9-5-6-16-13-18(7-8-19(16)22)26(24,25)21-17-11-14(2)10-15(3)12-17/h7-8,10-13,21H,4-6,9H2,1-3H3. The molecule has 6 heteroatoms. The van der Waals surface area contributed by atoms with Gasteiger partial charge in [0.15, 0.2) is 0 Å². The van der Waals surface area contributed by atoms with Crippen molar-refractivity contribution in [3.8, 4) is 0 Å². The first-order valence-corrected chi connectivity index (χ1v) is 10.3. The van der Waals surface area contributed by atoms with E-state index in [2.05, 4.69) is 4.72 Å². The summed E-state index contributed by atoms with van der Waals surface area (Å²) in [5.41, 5.74) is 4.29. The van der Waals surface area contributed by atoms with E-state index in [1.165, 1.54) is 0 Å². The molecule has 0 saturated carbocycles. The highest BCUT2D eigenvalue weighted by Crippen LogP contribution is 2.30. The molecule has 2 aromatic carbocycles. The molecule has 138 valence electrons. The van der Waals surface area contributed by atoms with E-state index in [4.69, 9.17) is 0 Å². The van der Waals surface area contributed by atoms with Crippen molar-refractivity contribution in [2.24, 2.45) is 0 Å². The van der Waals surface area contributed by atoms with Crippen LogP contribution in [-0.2, 0) is 21.2 Å². The Morgan fingerprint density at radius 2 is 1.81 bits per heavy atom. The van der Waals surface area contributed by atoms with Crippen molar-refractivity contribution in [2.45, 2.75) is 44.9 Å². The summed E-state index contributed by atoms with van der Waals surface area (Å²) < 4.78 is 28.2. The lowest BCUT2D eigenvalue weighted by molar-refractivity contribution is -0.118. The predicted molar refractivity (Wildman–Crippen MR) is 104 cm³/mol. The van der Waals surface area contributed by atoms with Gasteiger partial charge in [0.1, 0.15) is 0 Å². The molecular weight excluding hydrogens is 348 g/mol. The Hall–Kier alpha value is -2.34. The first kappa shape index (κ1) is 18.5. The van der Waals surface area contributed by atoms with Gasteiger partial charge in [-0.15, -0.1) is 0 Å². The summed E-state index contributed by atoms with van der Waals surface area (Å²) in [7, 11) is -3.68. The average Bonchev–Trinajstić information content (AvgIpc) is 2.58. The van der Waals surface area contributed by atoms with Gasteiger partial charge in [-0.1, -0.05) is 13.0 Å². The largest absolute Gasteiger partial charge is 0.312 e. The van der Waals surface area contributed by atoms with Crippen LogP contribution in [0.3, 0.4) is 0 Å². The van der Waals surface area contributed by atoms with Crippen LogP contribution in [0.15, 0.2) is 41.3 Å². The maximum atomic E-state index is 12.8. The topological polar surface area (TPSA) is 66.5 Å². The fourth-order valence-electron chi connectivity index (χ4n) is 3.44. The summed E-state index contributed by atoms with van der Waals surface area (Å²) in [6.45, 7) is 6.39. The quantitative estimate of drug-likeness (QED) is 0.888. The van der Waals surface area contributed by atoms with Gasteiger partial charge in [0, 0.05) is 24.3 Å². The van der Waals surface area contributed by atoms with Gasteiger partial charge in [0.2, 0.25) is 5.91 Å². The van der Waals surface area contributed by atoms with Gasteiger partial charge in [-0.05, 0) is 73.7 Å². The number of carbonyl (C=O) groups excluding carboxylic acids is 1. The van der Waals surface area contributed by atoms with Crippen LogP contribution in [0.2, 0.25) is 0 Å². The molecule has 0 spiro atoms. The van der Waals surface area contributed by atoms with E-state index in [9.17, 15) is 13.2 Å². The number of hydrogen-bond acceptors (Lipinski definition) is 3. The number of carbonyl (C=O) groups is 1. The van der Waals surface area contributed by atoms with Gasteiger partial charge in [-0.25, -0.2) is 8.42 Å². The van der Waals surface area contributed by atoms with Crippen molar-refractivity contribution >= 4 is 27.3 Å². The highest BCUT2D eigenvalue weighted by atomic mass is 32.2. The van der Waals surface area contributed by atoms with Gasteiger partial charge in [0.05, 0.1) is 4.90 Å². The molecule has 1 amide bonds. The molecule has 0 unspecified atom stereocenters. The van der Waals surface area contributed by atoms with Gasteiger partial charge >= 0.3 is 0 Å². The van der Waals surface area contributed by atoms with Crippen molar-refractivity contribution in [3.05, 3.63) is 53.1 Å². The lowest BCUT2D eigenvalue weighted by Crippen LogP contribution is -2.35. The maximum absolute atomic E-state index is 12.8. The van der Waals surface area contributed by atoms with E-state index >= 15 is 0 Å². The van der Waals surface area contributed by atoms with Crippen molar-refractivity contribution < 1.29 is 13.2 Å². The number of aryl methyl sites for hydroxylation is 3. The molecule has 0 aromatic heterocycles. The third-order valence-electron chi connectivity index (χ3n) is 4.56. The van der Waals surface area contributed by atoms with E-state index in [0.717, 1.165) is 35.2 Å². The number of anilines is 2. The smallest absolute Gasteiger partial charge is 0.261 e.